The monoisotopic (exact) mass is 672 g/mol. The molecule has 0 bridgehead atoms. The Bertz CT molecular complexity index is 1900. The summed E-state index contributed by atoms with van der Waals surface area (Å²) < 4.78 is 74.5. The second-order valence-electron chi connectivity index (χ2n) is 10.7. The van der Waals surface area contributed by atoms with E-state index in [2.05, 4.69) is 5.32 Å². The second-order valence-corrected chi connectivity index (χ2v) is 12.9. The van der Waals surface area contributed by atoms with Gasteiger partial charge in [-0.25, -0.2) is 8.42 Å². The first-order valence-electron chi connectivity index (χ1n) is 14.1. The minimum Gasteiger partial charge on any atom is -0.492 e. The second kappa shape index (κ2) is 13.1. The van der Waals surface area contributed by atoms with Gasteiger partial charge in [-0.3, -0.25) is 13.9 Å². The molecule has 13 heteroatoms. The number of rotatable bonds is 10. The van der Waals surface area contributed by atoms with Crippen LogP contribution < -0.4 is 14.4 Å². The van der Waals surface area contributed by atoms with Crippen molar-refractivity contribution < 1.29 is 41.0 Å². The maximum Gasteiger partial charge on any atom is 0.416 e. The Morgan fingerprint density at radius 3 is 2.41 bits per heavy atom. The lowest BCUT2D eigenvalue weighted by Crippen LogP contribution is -2.48. The van der Waals surface area contributed by atoms with Gasteiger partial charge in [0.1, 0.15) is 18.4 Å². The molecule has 4 aromatic carbocycles. The molecule has 0 fully saturated rings. The van der Waals surface area contributed by atoms with Crippen LogP contribution in [0.25, 0.3) is 11.1 Å². The first kappa shape index (κ1) is 32.8. The van der Waals surface area contributed by atoms with Crippen molar-refractivity contribution in [2.24, 2.45) is 0 Å². The summed E-state index contributed by atoms with van der Waals surface area (Å²) in [7, 11) is -4.29. The van der Waals surface area contributed by atoms with Crippen LogP contribution in [0, 0.1) is 6.92 Å². The van der Waals surface area contributed by atoms with E-state index in [0.717, 1.165) is 28.1 Å². The number of aryl methyl sites for hydroxylation is 1. The molecule has 0 saturated heterocycles. The van der Waals surface area contributed by atoms with Gasteiger partial charge in [-0.15, -0.1) is 0 Å². The molecular weight excluding hydrogens is 645 g/mol. The maximum atomic E-state index is 14.0. The number of carboxylic acids is 1. The van der Waals surface area contributed by atoms with Crippen LogP contribution in [-0.2, 0) is 38.6 Å². The molecule has 4 aromatic rings. The van der Waals surface area contributed by atoms with Crippen molar-refractivity contribution in [3.8, 4) is 16.9 Å². The predicted molar refractivity (Wildman–Crippen MR) is 167 cm³/mol. The Labute approximate surface area is 268 Å². The number of carbonyl (C=O) groups excluding carboxylic acids is 1. The number of alkyl halides is 3. The predicted octanol–water partition coefficient (Wildman–Crippen LogP) is 6.28. The molecule has 0 unspecified atom stereocenters. The minimum absolute atomic E-state index is 0.0714. The number of anilines is 1. The number of hydrogen-bond acceptors (Lipinski definition) is 5. The molecule has 1 amide bonds. The van der Waals surface area contributed by atoms with E-state index < -0.39 is 39.7 Å². The maximum absolute atomic E-state index is 14.0. The number of sulfonamides is 1. The molecule has 1 aliphatic rings. The largest absolute Gasteiger partial charge is 0.492 e. The lowest BCUT2D eigenvalue weighted by Gasteiger charge is -2.26. The third-order valence-electron chi connectivity index (χ3n) is 7.57. The number of fused-ring (bicyclic) bond motifs is 1. The van der Waals surface area contributed by atoms with E-state index in [9.17, 15) is 31.2 Å². The van der Waals surface area contributed by atoms with Gasteiger partial charge in [0.25, 0.3) is 10.0 Å². The van der Waals surface area contributed by atoms with Gasteiger partial charge >= 0.3 is 12.1 Å². The normalized spacial score (nSPS) is 14.5. The summed E-state index contributed by atoms with van der Waals surface area (Å²) in [6, 6.07) is 18.9. The highest BCUT2D eigenvalue weighted by molar-refractivity contribution is 7.93. The molecule has 1 atom stereocenters. The van der Waals surface area contributed by atoms with E-state index in [1.54, 1.807) is 49.4 Å². The molecular formula is C33H28ClF3N2O6S. The smallest absolute Gasteiger partial charge is 0.416 e. The minimum atomic E-state index is -4.58. The van der Waals surface area contributed by atoms with E-state index >= 15 is 0 Å². The van der Waals surface area contributed by atoms with Crippen molar-refractivity contribution in [2.45, 2.75) is 36.9 Å². The van der Waals surface area contributed by atoms with E-state index in [4.69, 9.17) is 21.4 Å². The van der Waals surface area contributed by atoms with E-state index in [-0.39, 0.29) is 47.0 Å². The lowest BCUT2D eigenvalue weighted by molar-refractivity contribution is -0.138. The summed E-state index contributed by atoms with van der Waals surface area (Å²) in [5.41, 5.74) is 1.91. The Morgan fingerprint density at radius 2 is 1.74 bits per heavy atom. The molecule has 8 nitrogen and oxygen atoms in total. The summed E-state index contributed by atoms with van der Waals surface area (Å²) in [5, 5.41) is 11.8. The van der Waals surface area contributed by atoms with Gasteiger partial charge in [-0.1, -0.05) is 48.0 Å². The molecule has 46 heavy (non-hydrogen) atoms. The van der Waals surface area contributed by atoms with Gasteiger partial charge in [-0.2, -0.15) is 13.2 Å². The highest BCUT2D eigenvalue weighted by Gasteiger charge is 2.42. The zero-order valence-corrected chi connectivity index (χ0v) is 25.9. The van der Waals surface area contributed by atoms with Crippen LogP contribution in [0.1, 0.15) is 22.3 Å². The van der Waals surface area contributed by atoms with E-state index in [1.165, 1.54) is 24.3 Å². The van der Waals surface area contributed by atoms with Crippen LogP contribution in [0.15, 0.2) is 89.8 Å². The van der Waals surface area contributed by atoms with Crippen LogP contribution in [0.4, 0.5) is 18.9 Å². The fourth-order valence-electron chi connectivity index (χ4n) is 5.28. The third kappa shape index (κ3) is 6.97. The zero-order valence-electron chi connectivity index (χ0n) is 24.3. The number of nitrogens with one attached hydrogen (secondary N) is 1. The topological polar surface area (TPSA) is 113 Å². The van der Waals surface area contributed by atoms with Crippen molar-refractivity contribution in [3.63, 3.8) is 0 Å². The number of carbonyl (C=O) groups is 2. The Kier molecular flexibility index (Phi) is 9.32. The van der Waals surface area contributed by atoms with Gasteiger partial charge in [0.2, 0.25) is 5.91 Å². The number of ether oxygens (including phenoxy) is 1. The summed E-state index contributed by atoms with van der Waals surface area (Å²) in [6.07, 6.45) is -4.56. The van der Waals surface area contributed by atoms with Crippen LogP contribution in [0.5, 0.6) is 5.75 Å². The number of benzene rings is 4. The van der Waals surface area contributed by atoms with Crippen molar-refractivity contribution in [1.29, 1.82) is 0 Å². The van der Waals surface area contributed by atoms with Crippen molar-refractivity contribution >= 4 is 39.2 Å². The highest BCUT2D eigenvalue weighted by Crippen LogP contribution is 2.39. The van der Waals surface area contributed by atoms with Gasteiger partial charge in [0, 0.05) is 17.0 Å². The first-order chi connectivity index (χ1) is 21.8. The summed E-state index contributed by atoms with van der Waals surface area (Å²) in [6.45, 7) is 1.92. The number of hydrogen-bond donors (Lipinski definition) is 2. The summed E-state index contributed by atoms with van der Waals surface area (Å²) in [4.78, 5) is 24.2. The van der Waals surface area contributed by atoms with Gasteiger partial charge in [0.15, 0.2) is 0 Å². The van der Waals surface area contributed by atoms with E-state index in [1.807, 2.05) is 0 Å². The highest BCUT2D eigenvalue weighted by atomic mass is 35.5. The SMILES string of the molecule is Cc1cc(OCCNC(=O)[C@@H]2Cc3ccccc3N2S(=O)(=O)c2ccc(-c3cc(C(F)(F)F)ccc3Cl)cc2)ccc1CC(=O)O. The van der Waals surface area contributed by atoms with Crippen LogP contribution in [0.3, 0.4) is 0 Å². The quantitative estimate of drug-likeness (QED) is 0.192. The van der Waals surface area contributed by atoms with Crippen molar-refractivity contribution in [3.05, 3.63) is 112 Å². The van der Waals surface area contributed by atoms with Crippen LogP contribution in [-0.4, -0.2) is 44.6 Å². The molecule has 0 radical (unpaired) electrons. The lowest BCUT2D eigenvalue weighted by atomic mass is 10.0. The Morgan fingerprint density at radius 1 is 1.02 bits per heavy atom. The molecule has 5 rings (SSSR count). The molecule has 0 spiro atoms. The fourth-order valence-corrected chi connectivity index (χ4v) is 7.15. The summed E-state index contributed by atoms with van der Waals surface area (Å²) in [5.74, 6) is -0.987. The number of aliphatic carboxylic acids is 1. The fraction of sp³-hybridized carbons (Fsp3) is 0.212. The number of para-hydroxylation sites is 1. The molecule has 0 aromatic heterocycles. The van der Waals surface area contributed by atoms with Crippen molar-refractivity contribution in [1.82, 2.24) is 5.32 Å². The molecule has 0 aliphatic carbocycles. The average Bonchev–Trinajstić information content (AvgIpc) is 3.41. The van der Waals surface area contributed by atoms with Crippen molar-refractivity contribution in [2.75, 3.05) is 17.5 Å². The Balaban J connectivity index is 1.32. The number of nitrogens with zero attached hydrogens (tertiary/aromatic N) is 1. The molecule has 1 heterocycles. The Hall–Kier alpha value is -4.55. The van der Waals surface area contributed by atoms with E-state index in [0.29, 0.717) is 22.6 Å². The average molecular weight is 673 g/mol. The van der Waals surface area contributed by atoms with Gasteiger partial charge in [-0.05, 0) is 77.7 Å². The number of amides is 1. The molecule has 240 valence electrons. The molecule has 0 saturated carbocycles. The number of halogens is 4. The molecule has 2 N–H and O–H groups in total. The number of carboxylic acid groups (broad SMARTS) is 1. The third-order valence-corrected chi connectivity index (χ3v) is 9.74. The zero-order chi connectivity index (χ0) is 33.2. The summed E-state index contributed by atoms with van der Waals surface area (Å²) >= 11 is 6.17. The first-order valence-corrected chi connectivity index (χ1v) is 15.9. The van der Waals surface area contributed by atoms with Gasteiger partial charge in [0.05, 0.1) is 29.1 Å². The van der Waals surface area contributed by atoms with Crippen LogP contribution in [0.2, 0.25) is 5.02 Å². The van der Waals surface area contributed by atoms with Gasteiger partial charge < -0.3 is 15.2 Å². The van der Waals surface area contributed by atoms with Crippen LogP contribution >= 0.6 is 11.6 Å². The molecule has 1 aliphatic heterocycles. The standard InChI is InChI=1S/C33H28ClF3N2O6S/c1-20-16-25(10-6-22(20)18-31(40)41)45-15-14-38-32(42)30-17-23-4-2-3-5-29(23)39(30)46(43,44)26-11-7-21(8-12-26)27-19-24(33(35,36)37)9-13-28(27)34/h2-13,16,19,30H,14-15,17-18H2,1H3,(H,38,42)(H,40,41)/t30-/m0/s1.